The number of para-hydroxylation sites is 2. The van der Waals surface area contributed by atoms with E-state index in [9.17, 15) is 9.59 Å². The summed E-state index contributed by atoms with van der Waals surface area (Å²) in [5, 5.41) is 0.302. The van der Waals surface area contributed by atoms with E-state index in [0.717, 1.165) is 5.56 Å². The van der Waals surface area contributed by atoms with Gasteiger partial charge in [0.25, 0.3) is 0 Å². The van der Waals surface area contributed by atoms with Crippen molar-refractivity contribution in [1.29, 1.82) is 0 Å². The highest BCUT2D eigenvalue weighted by Crippen LogP contribution is 2.31. The van der Waals surface area contributed by atoms with E-state index >= 15 is 0 Å². The van der Waals surface area contributed by atoms with Crippen LogP contribution in [0.1, 0.15) is 12.5 Å². The van der Waals surface area contributed by atoms with E-state index in [1.54, 1.807) is 61.7 Å². The molecule has 0 saturated heterocycles. The molecule has 0 unspecified atom stereocenters. The number of carbonyl (C=O) groups excluding carboxylic acids is 1. The Bertz CT molecular complexity index is 1320. The highest BCUT2D eigenvalue weighted by Gasteiger charge is 2.14. The summed E-state index contributed by atoms with van der Waals surface area (Å²) in [5.41, 5.74) is 0.723. The molecule has 0 amide bonds. The molecule has 1 heterocycles. The molecule has 3 aromatic carbocycles. The molecule has 0 atom stereocenters. The Labute approximate surface area is 190 Å². The van der Waals surface area contributed by atoms with Gasteiger partial charge in [-0.05, 0) is 48.9 Å². The number of fused-ring (bicyclic) bond motifs is 1. The first-order chi connectivity index (χ1) is 16.1. The number of rotatable bonds is 8. The van der Waals surface area contributed by atoms with Crippen molar-refractivity contribution in [3.8, 4) is 28.7 Å². The number of methoxy groups -OCH3 is 1. The summed E-state index contributed by atoms with van der Waals surface area (Å²) in [6, 6.07) is 18.8. The van der Waals surface area contributed by atoms with E-state index in [4.69, 9.17) is 23.4 Å². The summed E-state index contributed by atoms with van der Waals surface area (Å²) < 4.78 is 27.4. The average Bonchev–Trinajstić information content (AvgIpc) is 2.82. The monoisotopic (exact) mass is 446 g/mol. The van der Waals surface area contributed by atoms with Crippen molar-refractivity contribution < 1.29 is 28.2 Å². The molecule has 0 N–H and O–H groups in total. The predicted octanol–water partition coefficient (Wildman–Crippen LogP) is 5.14. The SMILES string of the molecule is CCOc1ccccc1Oc1coc2cc(OC(=O)Cc3ccc(OC)cc3)ccc2c1=O. The van der Waals surface area contributed by atoms with Gasteiger partial charge in [-0.25, -0.2) is 0 Å². The van der Waals surface area contributed by atoms with Crippen molar-refractivity contribution in [1.82, 2.24) is 0 Å². The first-order valence-electron chi connectivity index (χ1n) is 10.4. The minimum atomic E-state index is -0.436. The number of carbonyl (C=O) groups is 1. The minimum absolute atomic E-state index is 0.0268. The van der Waals surface area contributed by atoms with Crippen molar-refractivity contribution in [3.63, 3.8) is 0 Å². The van der Waals surface area contributed by atoms with Gasteiger partial charge in [0.1, 0.15) is 23.3 Å². The number of esters is 1. The van der Waals surface area contributed by atoms with Crippen LogP contribution in [0.3, 0.4) is 0 Å². The van der Waals surface area contributed by atoms with Gasteiger partial charge in [-0.1, -0.05) is 24.3 Å². The van der Waals surface area contributed by atoms with E-state index < -0.39 is 5.97 Å². The Hall–Kier alpha value is -4.26. The Kier molecular flexibility index (Phi) is 6.59. The third-order valence-corrected chi connectivity index (χ3v) is 4.82. The number of hydrogen-bond donors (Lipinski definition) is 0. The highest BCUT2D eigenvalue weighted by atomic mass is 16.5. The Morgan fingerprint density at radius 1 is 0.909 bits per heavy atom. The van der Waals surface area contributed by atoms with Crippen LogP contribution in [0.25, 0.3) is 11.0 Å². The first kappa shape index (κ1) is 22.0. The van der Waals surface area contributed by atoms with Crippen LogP contribution in [0.2, 0.25) is 0 Å². The largest absolute Gasteiger partial charge is 0.497 e. The molecule has 0 bridgehead atoms. The molecule has 168 valence electrons. The molecule has 4 aromatic rings. The maximum atomic E-state index is 12.9. The van der Waals surface area contributed by atoms with Gasteiger partial charge in [0, 0.05) is 6.07 Å². The molecule has 0 radical (unpaired) electrons. The molecular formula is C26H22O7. The number of ether oxygens (including phenoxy) is 4. The molecule has 1 aromatic heterocycles. The molecule has 0 saturated carbocycles. The zero-order chi connectivity index (χ0) is 23.2. The summed E-state index contributed by atoms with van der Waals surface area (Å²) in [6.07, 6.45) is 1.33. The molecule has 0 spiro atoms. The zero-order valence-electron chi connectivity index (χ0n) is 18.2. The van der Waals surface area contributed by atoms with Crippen LogP contribution < -0.4 is 24.4 Å². The Balaban J connectivity index is 1.50. The fraction of sp³-hybridized carbons (Fsp3) is 0.154. The smallest absolute Gasteiger partial charge is 0.315 e. The number of hydrogen-bond acceptors (Lipinski definition) is 7. The molecule has 0 aliphatic heterocycles. The van der Waals surface area contributed by atoms with Crippen LogP contribution in [0.15, 0.2) is 82.2 Å². The van der Waals surface area contributed by atoms with Gasteiger partial charge in [0.2, 0.25) is 11.2 Å². The molecule has 4 rings (SSSR count). The van der Waals surface area contributed by atoms with Crippen LogP contribution in [0.5, 0.6) is 28.7 Å². The lowest BCUT2D eigenvalue weighted by Gasteiger charge is -2.11. The van der Waals surface area contributed by atoms with Crippen LogP contribution in [-0.2, 0) is 11.2 Å². The molecule has 33 heavy (non-hydrogen) atoms. The average molecular weight is 446 g/mol. The van der Waals surface area contributed by atoms with E-state index in [0.29, 0.717) is 29.2 Å². The Morgan fingerprint density at radius 2 is 1.64 bits per heavy atom. The molecule has 7 nitrogen and oxygen atoms in total. The van der Waals surface area contributed by atoms with Gasteiger partial charge in [0.15, 0.2) is 11.5 Å². The van der Waals surface area contributed by atoms with Gasteiger partial charge in [0.05, 0.1) is 25.5 Å². The third kappa shape index (κ3) is 5.15. The van der Waals surface area contributed by atoms with Crippen molar-refractivity contribution >= 4 is 16.9 Å². The van der Waals surface area contributed by atoms with E-state index in [-0.39, 0.29) is 28.9 Å². The van der Waals surface area contributed by atoms with Gasteiger partial charge in [-0.15, -0.1) is 0 Å². The van der Waals surface area contributed by atoms with Crippen LogP contribution in [0, 0.1) is 0 Å². The highest BCUT2D eigenvalue weighted by molar-refractivity contribution is 5.81. The van der Waals surface area contributed by atoms with Crippen LogP contribution in [0.4, 0.5) is 0 Å². The second-order valence-electron chi connectivity index (χ2n) is 7.07. The van der Waals surface area contributed by atoms with Crippen molar-refractivity contribution in [2.24, 2.45) is 0 Å². The summed E-state index contributed by atoms with van der Waals surface area (Å²) >= 11 is 0. The standard InChI is InChI=1S/C26H22O7/c1-3-30-21-6-4-5-7-22(21)33-24-16-31-23-15-19(12-13-20(23)26(24)28)32-25(27)14-17-8-10-18(29-2)11-9-17/h4-13,15-16H,3,14H2,1-2H3. The second-order valence-corrected chi connectivity index (χ2v) is 7.07. The van der Waals surface area contributed by atoms with Gasteiger partial charge >= 0.3 is 5.97 Å². The molecular weight excluding hydrogens is 424 g/mol. The predicted molar refractivity (Wildman–Crippen MR) is 123 cm³/mol. The fourth-order valence-electron chi connectivity index (χ4n) is 3.23. The van der Waals surface area contributed by atoms with Crippen molar-refractivity contribution in [3.05, 3.63) is 88.8 Å². The lowest BCUT2D eigenvalue weighted by atomic mass is 10.1. The molecule has 0 aliphatic rings. The summed E-state index contributed by atoms with van der Waals surface area (Å²) in [4.78, 5) is 25.2. The van der Waals surface area contributed by atoms with Crippen molar-refractivity contribution in [2.75, 3.05) is 13.7 Å². The van der Waals surface area contributed by atoms with Gasteiger partial charge in [-0.2, -0.15) is 0 Å². The minimum Gasteiger partial charge on any atom is -0.497 e. The fourth-order valence-corrected chi connectivity index (χ4v) is 3.23. The second kappa shape index (κ2) is 9.91. The van der Waals surface area contributed by atoms with E-state index in [1.807, 2.05) is 13.0 Å². The summed E-state index contributed by atoms with van der Waals surface area (Å²) in [6.45, 7) is 2.33. The maximum Gasteiger partial charge on any atom is 0.315 e. The van der Waals surface area contributed by atoms with E-state index in [1.165, 1.54) is 12.3 Å². The summed E-state index contributed by atoms with van der Waals surface area (Å²) in [7, 11) is 1.58. The zero-order valence-corrected chi connectivity index (χ0v) is 18.2. The van der Waals surface area contributed by atoms with Crippen molar-refractivity contribution in [2.45, 2.75) is 13.3 Å². The van der Waals surface area contributed by atoms with Crippen LogP contribution >= 0.6 is 0 Å². The lowest BCUT2D eigenvalue weighted by Crippen LogP contribution is -2.11. The molecule has 7 heteroatoms. The molecule has 0 aliphatic carbocycles. The topological polar surface area (TPSA) is 84.2 Å². The normalized spacial score (nSPS) is 10.6. The molecule has 0 fully saturated rings. The third-order valence-electron chi connectivity index (χ3n) is 4.82. The number of benzene rings is 3. The van der Waals surface area contributed by atoms with Crippen LogP contribution in [-0.4, -0.2) is 19.7 Å². The quantitative estimate of drug-likeness (QED) is 0.274. The Morgan fingerprint density at radius 3 is 2.36 bits per heavy atom. The first-order valence-corrected chi connectivity index (χ1v) is 10.4. The summed E-state index contributed by atoms with van der Waals surface area (Å²) in [5.74, 6) is 1.52. The van der Waals surface area contributed by atoms with Gasteiger partial charge < -0.3 is 23.4 Å². The van der Waals surface area contributed by atoms with E-state index in [2.05, 4.69) is 0 Å². The maximum absolute atomic E-state index is 12.9. The lowest BCUT2D eigenvalue weighted by molar-refractivity contribution is -0.133. The van der Waals surface area contributed by atoms with Gasteiger partial charge in [-0.3, -0.25) is 9.59 Å².